The van der Waals surface area contributed by atoms with E-state index in [-0.39, 0.29) is 0 Å². The van der Waals surface area contributed by atoms with Crippen LogP contribution in [-0.2, 0) is 0 Å². The van der Waals surface area contributed by atoms with Gasteiger partial charge in [-0.3, -0.25) is 4.99 Å². The Morgan fingerprint density at radius 3 is 2.53 bits per heavy atom. The van der Waals surface area contributed by atoms with E-state index in [2.05, 4.69) is 35.8 Å². The van der Waals surface area contributed by atoms with E-state index in [0.717, 1.165) is 21.7 Å². The molecule has 0 saturated carbocycles. The van der Waals surface area contributed by atoms with E-state index in [1.165, 1.54) is 5.39 Å². The van der Waals surface area contributed by atoms with Crippen molar-refractivity contribution in [3.63, 3.8) is 0 Å². The molecule has 2 rings (SSSR count). The summed E-state index contributed by atoms with van der Waals surface area (Å²) in [5.41, 5.74) is 2.01. The van der Waals surface area contributed by atoms with E-state index in [9.17, 15) is 0 Å². The highest BCUT2D eigenvalue weighted by Crippen LogP contribution is 2.32. The number of hydrogen-bond acceptors (Lipinski definition) is 2. The van der Waals surface area contributed by atoms with Gasteiger partial charge in [-0.15, -0.1) is 12.6 Å². The minimum atomic E-state index is 0.926. The van der Waals surface area contributed by atoms with Gasteiger partial charge in [0.2, 0.25) is 0 Å². The largest absolute Gasteiger partial charge is 0.257 e. The van der Waals surface area contributed by atoms with Crippen LogP contribution in [0, 0.1) is 0 Å². The van der Waals surface area contributed by atoms with Crippen LogP contribution in [0.4, 0.5) is 5.69 Å². The van der Waals surface area contributed by atoms with Gasteiger partial charge in [0.1, 0.15) is 0 Å². The Hall–Kier alpha value is -1.28. The first kappa shape index (κ1) is 10.2. The molecule has 0 fully saturated rings. The van der Waals surface area contributed by atoms with Crippen molar-refractivity contribution in [3.05, 3.63) is 36.4 Å². The van der Waals surface area contributed by atoms with Crippen molar-refractivity contribution in [2.45, 2.75) is 18.7 Å². The number of fused-ring (bicyclic) bond motifs is 1. The Balaban J connectivity index is 2.80. The summed E-state index contributed by atoms with van der Waals surface area (Å²) in [7, 11) is 0. The van der Waals surface area contributed by atoms with Crippen LogP contribution >= 0.6 is 12.6 Å². The van der Waals surface area contributed by atoms with E-state index in [0.29, 0.717) is 0 Å². The van der Waals surface area contributed by atoms with E-state index in [4.69, 9.17) is 0 Å². The molecule has 0 N–H and O–H groups in total. The molecule has 0 aromatic heterocycles. The van der Waals surface area contributed by atoms with Crippen LogP contribution < -0.4 is 0 Å². The second-order valence-electron chi connectivity index (χ2n) is 3.71. The fraction of sp³-hybridized carbons (Fsp3) is 0.154. The number of benzene rings is 2. The number of rotatable bonds is 1. The number of nitrogens with zero attached hydrogens (tertiary/aromatic N) is 1. The normalized spacial score (nSPS) is 10.3. The second kappa shape index (κ2) is 4.07. The summed E-state index contributed by atoms with van der Waals surface area (Å²) in [6, 6.07) is 12.3. The Morgan fingerprint density at radius 2 is 1.80 bits per heavy atom. The lowest BCUT2D eigenvalue weighted by atomic mass is 10.1. The Labute approximate surface area is 95.3 Å². The van der Waals surface area contributed by atoms with Crippen molar-refractivity contribution in [3.8, 4) is 0 Å². The number of hydrogen-bond donors (Lipinski definition) is 1. The smallest absolute Gasteiger partial charge is 0.0840 e. The Kier molecular flexibility index (Phi) is 2.78. The number of thiol groups is 1. The van der Waals surface area contributed by atoms with Gasteiger partial charge in [0, 0.05) is 16.0 Å². The third kappa shape index (κ3) is 2.05. The van der Waals surface area contributed by atoms with Crippen LogP contribution in [-0.4, -0.2) is 5.71 Å². The van der Waals surface area contributed by atoms with Gasteiger partial charge in [0.15, 0.2) is 0 Å². The number of aliphatic imine (C=N–C) groups is 1. The summed E-state index contributed by atoms with van der Waals surface area (Å²) in [4.78, 5) is 5.45. The quantitative estimate of drug-likeness (QED) is 0.539. The van der Waals surface area contributed by atoms with Gasteiger partial charge in [-0.1, -0.05) is 30.3 Å². The SMILES string of the molecule is CC(C)=Nc1c(S)ccc2ccccc12. The minimum Gasteiger partial charge on any atom is -0.257 e. The summed E-state index contributed by atoms with van der Waals surface area (Å²) >= 11 is 4.44. The van der Waals surface area contributed by atoms with Gasteiger partial charge in [0.05, 0.1) is 5.69 Å². The zero-order valence-electron chi connectivity index (χ0n) is 8.86. The average Bonchev–Trinajstić information content (AvgIpc) is 2.22. The predicted octanol–water partition coefficient (Wildman–Crippen LogP) is 4.24. The lowest BCUT2D eigenvalue weighted by Crippen LogP contribution is -1.81. The van der Waals surface area contributed by atoms with E-state index in [1.54, 1.807) is 0 Å². The third-order valence-electron chi connectivity index (χ3n) is 2.21. The van der Waals surface area contributed by atoms with Crippen molar-refractivity contribution in [2.75, 3.05) is 0 Å². The average molecular weight is 215 g/mol. The Morgan fingerprint density at radius 1 is 1.07 bits per heavy atom. The van der Waals surface area contributed by atoms with Crippen molar-refractivity contribution in [1.82, 2.24) is 0 Å². The molecule has 76 valence electrons. The van der Waals surface area contributed by atoms with E-state index >= 15 is 0 Å². The van der Waals surface area contributed by atoms with Gasteiger partial charge in [-0.05, 0) is 25.3 Å². The summed E-state index contributed by atoms with van der Waals surface area (Å²) in [5, 5.41) is 2.36. The van der Waals surface area contributed by atoms with Crippen molar-refractivity contribution < 1.29 is 0 Å². The van der Waals surface area contributed by atoms with Crippen LogP contribution in [0.15, 0.2) is 46.3 Å². The fourth-order valence-electron chi connectivity index (χ4n) is 1.58. The molecule has 0 amide bonds. The molecule has 2 heteroatoms. The summed E-state index contributed by atoms with van der Waals surface area (Å²) < 4.78 is 0. The van der Waals surface area contributed by atoms with E-state index < -0.39 is 0 Å². The molecule has 0 unspecified atom stereocenters. The fourth-order valence-corrected chi connectivity index (χ4v) is 1.83. The van der Waals surface area contributed by atoms with Crippen LogP contribution in [0.5, 0.6) is 0 Å². The van der Waals surface area contributed by atoms with Crippen molar-refractivity contribution in [2.24, 2.45) is 4.99 Å². The van der Waals surface area contributed by atoms with Crippen LogP contribution in [0.3, 0.4) is 0 Å². The minimum absolute atomic E-state index is 0.926. The first-order valence-electron chi connectivity index (χ1n) is 4.91. The molecule has 2 aromatic rings. The standard InChI is InChI=1S/C13H13NS/c1-9(2)14-13-11-6-4-3-5-10(11)7-8-12(13)15/h3-8,15H,1-2H3. The zero-order valence-corrected chi connectivity index (χ0v) is 9.75. The van der Waals surface area contributed by atoms with Gasteiger partial charge in [0.25, 0.3) is 0 Å². The van der Waals surface area contributed by atoms with E-state index in [1.807, 2.05) is 32.0 Å². The molecule has 1 nitrogen and oxygen atoms in total. The summed E-state index contributed by atoms with van der Waals surface area (Å²) in [5.74, 6) is 0. The molecule has 0 bridgehead atoms. The molecule has 2 aromatic carbocycles. The van der Waals surface area contributed by atoms with Gasteiger partial charge >= 0.3 is 0 Å². The van der Waals surface area contributed by atoms with Crippen molar-refractivity contribution >= 4 is 34.8 Å². The molecule has 0 saturated heterocycles. The molecule has 0 aliphatic rings. The molecule has 0 spiro atoms. The first-order chi connectivity index (χ1) is 7.18. The molecule has 0 aliphatic carbocycles. The van der Waals surface area contributed by atoms with Gasteiger partial charge in [-0.25, -0.2) is 0 Å². The van der Waals surface area contributed by atoms with Gasteiger partial charge < -0.3 is 0 Å². The first-order valence-corrected chi connectivity index (χ1v) is 5.36. The van der Waals surface area contributed by atoms with Crippen LogP contribution in [0.25, 0.3) is 10.8 Å². The monoisotopic (exact) mass is 215 g/mol. The predicted molar refractivity (Wildman–Crippen MR) is 69.6 cm³/mol. The molecule has 0 radical (unpaired) electrons. The maximum Gasteiger partial charge on any atom is 0.0840 e. The topological polar surface area (TPSA) is 12.4 Å². The summed E-state index contributed by atoms with van der Waals surface area (Å²) in [6.45, 7) is 3.99. The Bertz CT molecular complexity index is 525. The lowest BCUT2D eigenvalue weighted by Gasteiger charge is -2.05. The van der Waals surface area contributed by atoms with Gasteiger partial charge in [-0.2, -0.15) is 0 Å². The summed E-state index contributed by atoms with van der Waals surface area (Å²) in [6.07, 6.45) is 0. The lowest BCUT2D eigenvalue weighted by molar-refractivity contribution is 1.40. The molecule has 0 atom stereocenters. The molecule has 0 heterocycles. The third-order valence-corrected chi connectivity index (χ3v) is 2.58. The highest BCUT2D eigenvalue weighted by Gasteiger charge is 2.03. The molecular formula is C13H13NS. The molecular weight excluding hydrogens is 202 g/mol. The maximum absolute atomic E-state index is 4.53. The second-order valence-corrected chi connectivity index (χ2v) is 4.20. The molecule has 15 heavy (non-hydrogen) atoms. The van der Waals surface area contributed by atoms with Crippen LogP contribution in [0.2, 0.25) is 0 Å². The zero-order chi connectivity index (χ0) is 10.8. The van der Waals surface area contributed by atoms with Crippen LogP contribution in [0.1, 0.15) is 13.8 Å². The maximum atomic E-state index is 4.53. The highest BCUT2D eigenvalue weighted by atomic mass is 32.1. The molecule has 0 aliphatic heterocycles. The van der Waals surface area contributed by atoms with Crippen molar-refractivity contribution in [1.29, 1.82) is 0 Å². The highest BCUT2D eigenvalue weighted by molar-refractivity contribution is 7.80.